The summed E-state index contributed by atoms with van der Waals surface area (Å²) in [4.78, 5) is 5.56. The highest BCUT2D eigenvalue weighted by Crippen LogP contribution is 1.90. The lowest BCUT2D eigenvalue weighted by molar-refractivity contribution is 0.354. The minimum absolute atomic E-state index is 0. The summed E-state index contributed by atoms with van der Waals surface area (Å²) in [6, 6.07) is 0. The van der Waals surface area contributed by atoms with Crippen molar-refractivity contribution in [3.63, 3.8) is 0 Å². The predicted octanol–water partition coefficient (Wildman–Crippen LogP) is -1.06. The normalized spacial score (nSPS) is 16.6. The molecule has 0 atom stereocenters. The van der Waals surface area contributed by atoms with Gasteiger partial charge in [-0.1, -0.05) is 0 Å². The van der Waals surface area contributed by atoms with Crippen LogP contribution in [-0.4, -0.2) is 43.0 Å². The molecule has 1 fully saturated rings. The van der Waals surface area contributed by atoms with Gasteiger partial charge >= 0.3 is 0 Å². The molecule has 0 saturated carbocycles. The number of aliphatic imine (C=N–C) groups is 1. The summed E-state index contributed by atoms with van der Waals surface area (Å²) in [5, 5.41) is 10.1. The molecule has 14 heavy (non-hydrogen) atoms. The molecule has 6 nitrogen and oxygen atoms in total. The molecule has 0 aromatic heterocycles. The van der Waals surface area contributed by atoms with Crippen molar-refractivity contribution in [1.29, 1.82) is 5.41 Å². The van der Waals surface area contributed by atoms with Crippen LogP contribution in [0.25, 0.3) is 0 Å². The van der Waals surface area contributed by atoms with Crippen LogP contribution in [0.2, 0.25) is 0 Å². The Morgan fingerprint density at radius 3 is 2.14 bits per heavy atom. The summed E-state index contributed by atoms with van der Waals surface area (Å²) >= 11 is 0. The van der Waals surface area contributed by atoms with Crippen LogP contribution in [0.3, 0.4) is 0 Å². The first-order chi connectivity index (χ1) is 5.70. The highest BCUT2D eigenvalue weighted by molar-refractivity contribution is 5.91. The quantitative estimate of drug-likeness (QED) is 0.321. The molecule has 0 amide bonds. The number of nitrogens with one attached hydrogen (secondary N) is 2. The molecule has 0 aromatic carbocycles. The summed E-state index contributed by atoms with van der Waals surface area (Å²) < 4.78 is 0. The van der Waals surface area contributed by atoms with Gasteiger partial charge in [-0.2, -0.15) is 4.99 Å². The number of halogens is 2. The maximum Gasteiger partial charge on any atom is 0.215 e. The van der Waals surface area contributed by atoms with Gasteiger partial charge in [-0.05, 0) is 0 Å². The zero-order valence-corrected chi connectivity index (χ0v) is 9.33. The van der Waals surface area contributed by atoms with Crippen LogP contribution in [0.1, 0.15) is 0 Å². The van der Waals surface area contributed by atoms with Gasteiger partial charge in [-0.25, -0.2) is 0 Å². The summed E-state index contributed by atoms with van der Waals surface area (Å²) in [5.74, 6) is 0.0926. The number of nitrogens with two attached hydrogens (primary N) is 2. The summed E-state index contributed by atoms with van der Waals surface area (Å²) in [6.07, 6.45) is 0. The minimum Gasteiger partial charge on any atom is -0.369 e. The van der Waals surface area contributed by atoms with E-state index >= 15 is 0 Å². The van der Waals surface area contributed by atoms with Gasteiger partial charge in [0.2, 0.25) is 5.96 Å². The molecule has 0 aliphatic carbocycles. The first kappa shape index (κ1) is 15.7. The Kier molecular flexibility index (Phi) is 8.61. The average Bonchev–Trinajstić information content (AvgIpc) is 2.05. The van der Waals surface area contributed by atoms with Crippen LogP contribution < -0.4 is 16.8 Å². The van der Waals surface area contributed by atoms with E-state index in [1.165, 1.54) is 0 Å². The van der Waals surface area contributed by atoms with Crippen LogP contribution in [0.4, 0.5) is 0 Å². The monoisotopic (exact) mass is 242 g/mol. The lowest BCUT2D eigenvalue weighted by Crippen LogP contribution is -2.49. The first-order valence-corrected chi connectivity index (χ1v) is 3.84. The molecule has 0 radical (unpaired) electrons. The van der Waals surface area contributed by atoms with Crippen LogP contribution in [0.15, 0.2) is 4.99 Å². The predicted molar refractivity (Wildman–Crippen MR) is 62.5 cm³/mol. The van der Waals surface area contributed by atoms with E-state index in [9.17, 15) is 0 Å². The van der Waals surface area contributed by atoms with Crippen molar-refractivity contribution in [3.05, 3.63) is 0 Å². The highest BCUT2D eigenvalue weighted by atomic mass is 35.5. The smallest absolute Gasteiger partial charge is 0.215 e. The maximum atomic E-state index is 6.91. The molecule has 0 unspecified atom stereocenters. The van der Waals surface area contributed by atoms with Gasteiger partial charge in [-0.15, -0.1) is 24.8 Å². The molecule has 84 valence electrons. The van der Waals surface area contributed by atoms with Crippen molar-refractivity contribution in [1.82, 2.24) is 10.2 Å². The molecule has 0 aromatic rings. The lowest BCUT2D eigenvalue weighted by atomic mass is 10.4. The number of piperazine rings is 1. The fourth-order valence-corrected chi connectivity index (χ4v) is 1.09. The lowest BCUT2D eigenvalue weighted by Gasteiger charge is -2.27. The second kappa shape index (κ2) is 7.66. The van der Waals surface area contributed by atoms with Gasteiger partial charge in [0.15, 0.2) is 5.96 Å². The standard InChI is InChI=1S/C6H14N6.2ClH/c7-5(8)11-6(9)12-3-1-10-2-4-12;;/h10H,1-4H2,(H5,7,8,9,11);2*1H. The van der Waals surface area contributed by atoms with Crippen LogP contribution in [0.5, 0.6) is 0 Å². The van der Waals surface area contributed by atoms with Gasteiger partial charge in [0.25, 0.3) is 0 Å². The maximum absolute atomic E-state index is 6.91. The van der Waals surface area contributed by atoms with Crippen molar-refractivity contribution in [2.75, 3.05) is 26.2 Å². The Bertz CT molecular complexity index is 200. The Labute approximate surface area is 95.4 Å². The fraction of sp³-hybridized carbons (Fsp3) is 0.667. The van der Waals surface area contributed by atoms with Crippen LogP contribution in [0, 0.1) is 5.41 Å². The van der Waals surface area contributed by atoms with E-state index in [4.69, 9.17) is 16.9 Å². The fourth-order valence-electron chi connectivity index (χ4n) is 1.09. The van der Waals surface area contributed by atoms with E-state index in [1.807, 2.05) is 4.90 Å². The summed E-state index contributed by atoms with van der Waals surface area (Å²) in [6.45, 7) is 3.44. The van der Waals surface area contributed by atoms with Crippen LogP contribution >= 0.6 is 24.8 Å². The topological polar surface area (TPSA) is 104 Å². The van der Waals surface area contributed by atoms with Crippen molar-refractivity contribution in [3.8, 4) is 0 Å². The zero-order chi connectivity index (χ0) is 8.97. The summed E-state index contributed by atoms with van der Waals surface area (Å²) in [7, 11) is 0. The molecular weight excluding hydrogens is 227 g/mol. The van der Waals surface area contributed by atoms with Gasteiger partial charge in [0, 0.05) is 26.2 Å². The third-order valence-corrected chi connectivity index (χ3v) is 1.68. The number of rotatable bonds is 0. The third kappa shape index (κ3) is 5.11. The molecule has 1 heterocycles. The van der Waals surface area contributed by atoms with Crippen molar-refractivity contribution >= 4 is 36.7 Å². The van der Waals surface area contributed by atoms with E-state index in [-0.39, 0.29) is 30.8 Å². The first-order valence-electron chi connectivity index (χ1n) is 3.84. The second-order valence-corrected chi connectivity index (χ2v) is 2.59. The minimum atomic E-state index is -0.244. The molecule has 6 N–H and O–H groups in total. The second-order valence-electron chi connectivity index (χ2n) is 2.59. The molecule has 0 bridgehead atoms. The van der Waals surface area contributed by atoms with E-state index in [1.54, 1.807) is 0 Å². The van der Waals surface area contributed by atoms with E-state index < -0.39 is 0 Å². The van der Waals surface area contributed by atoms with Crippen molar-refractivity contribution in [2.24, 2.45) is 16.5 Å². The Hall–Kier alpha value is -0.720. The Morgan fingerprint density at radius 2 is 1.71 bits per heavy atom. The number of guanidine groups is 2. The molecule has 1 rings (SSSR count). The number of hydrogen-bond acceptors (Lipinski definition) is 2. The van der Waals surface area contributed by atoms with Crippen molar-refractivity contribution in [2.45, 2.75) is 0 Å². The van der Waals surface area contributed by atoms with E-state index in [0.717, 1.165) is 26.2 Å². The van der Waals surface area contributed by atoms with Crippen molar-refractivity contribution < 1.29 is 0 Å². The Morgan fingerprint density at radius 1 is 1.21 bits per heavy atom. The number of hydrogen-bond donors (Lipinski definition) is 4. The molecule has 0 spiro atoms. The SMILES string of the molecule is Cl.Cl.N=C(N)/N=C(\N)N1CCNCC1. The van der Waals surface area contributed by atoms with Gasteiger partial charge in [0.1, 0.15) is 0 Å². The molecular formula is C6H16Cl2N6. The van der Waals surface area contributed by atoms with Gasteiger partial charge in [0.05, 0.1) is 0 Å². The van der Waals surface area contributed by atoms with Crippen LogP contribution in [-0.2, 0) is 0 Å². The Balaban J connectivity index is 0. The molecule has 1 aliphatic heterocycles. The summed E-state index contributed by atoms with van der Waals surface area (Å²) in [5.41, 5.74) is 10.7. The molecule has 8 heteroatoms. The van der Waals surface area contributed by atoms with E-state index in [2.05, 4.69) is 10.3 Å². The van der Waals surface area contributed by atoms with Gasteiger partial charge < -0.3 is 21.7 Å². The largest absolute Gasteiger partial charge is 0.369 e. The van der Waals surface area contributed by atoms with E-state index in [0.29, 0.717) is 5.96 Å². The highest BCUT2D eigenvalue weighted by Gasteiger charge is 2.10. The zero-order valence-electron chi connectivity index (χ0n) is 7.69. The van der Waals surface area contributed by atoms with Gasteiger partial charge in [-0.3, -0.25) is 5.41 Å². The number of nitrogens with zero attached hydrogens (tertiary/aromatic N) is 2. The molecule has 1 saturated heterocycles. The molecule has 1 aliphatic rings. The third-order valence-electron chi connectivity index (χ3n) is 1.68. The average molecular weight is 243 g/mol.